The van der Waals surface area contributed by atoms with Crippen molar-refractivity contribution < 1.29 is 14.6 Å². The zero-order valence-electron chi connectivity index (χ0n) is 11.7. The number of para-hydroxylation sites is 1. The summed E-state index contributed by atoms with van der Waals surface area (Å²) in [6, 6.07) is 9.08. The number of methoxy groups -OCH3 is 1. The average Bonchev–Trinajstić information content (AvgIpc) is 2.83. The Morgan fingerprint density at radius 3 is 2.71 bits per heavy atom. The molecule has 2 N–H and O–H groups in total. The Labute approximate surface area is 121 Å². The molecule has 0 saturated heterocycles. The third-order valence-corrected chi connectivity index (χ3v) is 3.47. The van der Waals surface area contributed by atoms with Crippen LogP contribution in [-0.4, -0.2) is 28.2 Å². The van der Waals surface area contributed by atoms with Gasteiger partial charge in [0.2, 0.25) is 0 Å². The fourth-order valence-corrected chi connectivity index (χ4v) is 2.49. The number of nitrogens with one attached hydrogen (secondary N) is 1. The van der Waals surface area contributed by atoms with Crippen LogP contribution in [0.3, 0.4) is 0 Å². The number of aromatic carboxylic acids is 1. The van der Waals surface area contributed by atoms with Gasteiger partial charge in [-0.2, -0.15) is 0 Å². The van der Waals surface area contributed by atoms with Crippen LogP contribution in [0.4, 0.5) is 0 Å². The molecule has 1 aromatic carbocycles. The molecule has 3 aromatic rings. The summed E-state index contributed by atoms with van der Waals surface area (Å²) in [5.74, 6) is -0.213. The molecule has 2 heterocycles. The maximum atomic E-state index is 10.9. The van der Waals surface area contributed by atoms with Gasteiger partial charge in [-0.25, -0.2) is 4.79 Å². The fraction of sp³-hybridized carbons (Fsp3) is 0.125. The second-order valence-electron chi connectivity index (χ2n) is 4.75. The smallest absolute Gasteiger partial charge is 0.337 e. The van der Waals surface area contributed by atoms with E-state index in [4.69, 9.17) is 9.84 Å². The summed E-state index contributed by atoms with van der Waals surface area (Å²) in [5, 5.41) is 9.94. The lowest BCUT2D eigenvalue weighted by Crippen LogP contribution is -1.97. The van der Waals surface area contributed by atoms with E-state index < -0.39 is 5.97 Å². The highest BCUT2D eigenvalue weighted by atomic mass is 16.5. The summed E-state index contributed by atoms with van der Waals surface area (Å²) < 4.78 is 5.35. The number of rotatable bonds is 3. The van der Waals surface area contributed by atoms with Crippen LogP contribution >= 0.6 is 0 Å². The molecule has 0 saturated carbocycles. The van der Waals surface area contributed by atoms with Crippen LogP contribution in [0.2, 0.25) is 0 Å². The highest BCUT2D eigenvalue weighted by Crippen LogP contribution is 2.35. The molecule has 0 bridgehead atoms. The van der Waals surface area contributed by atoms with Crippen LogP contribution in [0.1, 0.15) is 16.1 Å². The number of benzene rings is 1. The third-order valence-electron chi connectivity index (χ3n) is 3.47. The van der Waals surface area contributed by atoms with E-state index >= 15 is 0 Å². The number of carboxylic acid groups (broad SMARTS) is 1. The maximum Gasteiger partial charge on any atom is 0.337 e. The molecule has 5 nitrogen and oxygen atoms in total. The molecule has 0 spiro atoms. The van der Waals surface area contributed by atoms with Gasteiger partial charge in [-0.3, -0.25) is 4.98 Å². The van der Waals surface area contributed by atoms with E-state index in [2.05, 4.69) is 9.97 Å². The van der Waals surface area contributed by atoms with Crippen molar-refractivity contribution in [1.82, 2.24) is 9.97 Å². The minimum Gasteiger partial charge on any atom is -0.495 e. The van der Waals surface area contributed by atoms with E-state index in [0.29, 0.717) is 0 Å². The van der Waals surface area contributed by atoms with E-state index in [9.17, 15) is 4.79 Å². The Balaban J connectivity index is 2.20. The van der Waals surface area contributed by atoms with Gasteiger partial charge in [-0.1, -0.05) is 12.1 Å². The first kappa shape index (κ1) is 13.2. The Bertz CT molecular complexity index is 819. The summed E-state index contributed by atoms with van der Waals surface area (Å²) in [6.45, 7) is 1.96. The summed E-state index contributed by atoms with van der Waals surface area (Å²) in [4.78, 5) is 18.5. The minimum atomic E-state index is -0.980. The van der Waals surface area contributed by atoms with E-state index in [1.807, 2.05) is 25.1 Å². The molecule has 0 radical (unpaired) electrons. The topological polar surface area (TPSA) is 75.2 Å². The van der Waals surface area contributed by atoms with Crippen LogP contribution in [0.25, 0.3) is 22.2 Å². The number of H-pyrrole nitrogens is 1. The van der Waals surface area contributed by atoms with E-state index in [1.54, 1.807) is 19.2 Å². The predicted octanol–water partition coefficient (Wildman–Crippen LogP) is 3.25. The van der Waals surface area contributed by atoms with Crippen molar-refractivity contribution in [3.8, 4) is 17.0 Å². The molecule has 21 heavy (non-hydrogen) atoms. The predicted molar refractivity (Wildman–Crippen MR) is 79.8 cm³/mol. The fourth-order valence-electron chi connectivity index (χ4n) is 2.49. The molecule has 106 valence electrons. The monoisotopic (exact) mass is 282 g/mol. The van der Waals surface area contributed by atoms with Crippen molar-refractivity contribution in [3.05, 3.63) is 47.8 Å². The van der Waals surface area contributed by atoms with Crippen molar-refractivity contribution in [2.45, 2.75) is 6.92 Å². The summed E-state index contributed by atoms with van der Waals surface area (Å²) in [5.41, 5.74) is 3.74. The number of aryl methyl sites for hydroxylation is 1. The Hall–Kier alpha value is -2.82. The summed E-state index contributed by atoms with van der Waals surface area (Å²) in [6.07, 6.45) is 1.37. The van der Waals surface area contributed by atoms with Gasteiger partial charge in [0.05, 0.1) is 23.9 Å². The van der Waals surface area contributed by atoms with Gasteiger partial charge < -0.3 is 14.8 Å². The molecule has 3 rings (SSSR count). The van der Waals surface area contributed by atoms with Gasteiger partial charge in [-0.15, -0.1) is 0 Å². The number of hydrogen-bond donors (Lipinski definition) is 2. The highest BCUT2D eigenvalue weighted by Gasteiger charge is 2.14. The normalized spacial score (nSPS) is 10.8. The van der Waals surface area contributed by atoms with Crippen molar-refractivity contribution in [3.63, 3.8) is 0 Å². The van der Waals surface area contributed by atoms with Gasteiger partial charge >= 0.3 is 5.97 Å². The number of nitrogens with zero attached hydrogens (tertiary/aromatic N) is 1. The molecule has 0 fully saturated rings. The molecule has 0 aliphatic rings. The van der Waals surface area contributed by atoms with E-state index in [-0.39, 0.29) is 5.56 Å². The lowest BCUT2D eigenvalue weighted by Gasteiger charge is -2.03. The van der Waals surface area contributed by atoms with Crippen LogP contribution in [0.15, 0.2) is 36.5 Å². The molecular formula is C16H14N2O3. The van der Waals surface area contributed by atoms with Crippen molar-refractivity contribution >= 4 is 16.9 Å². The van der Waals surface area contributed by atoms with E-state index in [0.717, 1.165) is 33.6 Å². The number of aromatic amines is 1. The zero-order chi connectivity index (χ0) is 15.0. The SMILES string of the molecule is COc1cccc2c(-c3ccc(C(=O)O)cn3)c(C)[nH]c12. The number of pyridine rings is 1. The minimum absolute atomic E-state index is 0.175. The average molecular weight is 282 g/mol. The van der Waals surface area contributed by atoms with Crippen molar-refractivity contribution in [1.29, 1.82) is 0 Å². The zero-order valence-corrected chi connectivity index (χ0v) is 11.7. The molecule has 2 aromatic heterocycles. The van der Waals surface area contributed by atoms with Crippen LogP contribution in [-0.2, 0) is 0 Å². The quantitative estimate of drug-likeness (QED) is 0.773. The molecule has 0 atom stereocenters. The van der Waals surface area contributed by atoms with Gasteiger partial charge in [-0.05, 0) is 25.1 Å². The first-order chi connectivity index (χ1) is 10.1. The summed E-state index contributed by atoms with van der Waals surface area (Å²) >= 11 is 0. The maximum absolute atomic E-state index is 10.9. The summed E-state index contributed by atoms with van der Waals surface area (Å²) in [7, 11) is 1.63. The molecule has 0 unspecified atom stereocenters. The van der Waals surface area contributed by atoms with E-state index in [1.165, 1.54) is 6.20 Å². The van der Waals surface area contributed by atoms with Gasteiger partial charge in [0.15, 0.2) is 0 Å². The third kappa shape index (κ3) is 2.12. The largest absolute Gasteiger partial charge is 0.495 e. The number of carboxylic acids is 1. The lowest BCUT2D eigenvalue weighted by molar-refractivity contribution is 0.0696. The Kier molecular flexibility index (Phi) is 3.10. The number of aromatic nitrogens is 2. The number of fused-ring (bicyclic) bond motifs is 1. The van der Waals surface area contributed by atoms with Crippen molar-refractivity contribution in [2.75, 3.05) is 7.11 Å². The molecule has 0 amide bonds. The van der Waals surface area contributed by atoms with Crippen LogP contribution in [0.5, 0.6) is 5.75 Å². The van der Waals surface area contributed by atoms with Gasteiger partial charge in [0, 0.05) is 22.8 Å². The first-order valence-corrected chi connectivity index (χ1v) is 6.47. The van der Waals surface area contributed by atoms with Crippen LogP contribution in [0, 0.1) is 6.92 Å². The second kappa shape index (κ2) is 4.94. The molecule has 0 aliphatic heterocycles. The molecular weight excluding hydrogens is 268 g/mol. The number of ether oxygens (including phenoxy) is 1. The molecule has 5 heteroatoms. The highest BCUT2D eigenvalue weighted by molar-refractivity contribution is 5.99. The standard InChI is InChI=1S/C16H14N2O3/c1-9-14(12-7-6-10(8-17-12)16(19)20)11-4-3-5-13(21-2)15(11)18-9/h3-8,18H,1-2H3,(H,19,20). The Morgan fingerprint density at radius 2 is 2.10 bits per heavy atom. The number of hydrogen-bond acceptors (Lipinski definition) is 3. The second-order valence-corrected chi connectivity index (χ2v) is 4.75. The number of carbonyl (C=O) groups is 1. The lowest BCUT2D eigenvalue weighted by atomic mass is 10.1. The Morgan fingerprint density at radius 1 is 1.29 bits per heavy atom. The van der Waals surface area contributed by atoms with Crippen molar-refractivity contribution in [2.24, 2.45) is 0 Å². The molecule has 0 aliphatic carbocycles. The first-order valence-electron chi connectivity index (χ1n) is 6.47. The van der Waals surface area contributed by atoms with Gasteiger partial charge in [0.25, 0.3) is 0 Å². The van der Waals surface area contributed by atoms with Crippen LogP contribution < -0.4 is 4.74 Å². The van der Waals surface area contributed by atoms with Gasteiger partial charge in [0.1, 0.15) is 5.75 Å².